The van der Waals surface area contributed by atoms with Crippen molar-refractivity contribution in [1.29, 1.82) is 0 Å². The Morgan fingerprint density at radius 2 is 1.77 bits per heavy atom. The van der Waals surface area contributed by atoms with Gasteiger partial charge in [0.2, 0.25) is 5.91 Å². The predicted octanol–water partition coefficient (Wildman–Crippen LogP) is 4.06. The molecule has 2 aliphatic heterocycles. The normalized spacial score (nSPS) is 33.2. The molecule has 0 aromatic heterocycles. The summed E-state index contributed by atoms with van der Waals surface area (Å²) >= 11 is 0.897. The number of methoxy groups -OCH3 is 1. The van der Waals surface area contributed by atoms with Crippen molar-refractivity contribution in [3.63, 3.8) is 0 Å². The minimum Gasteiger partial charge on any atom is -0.496 e. The third-order valence-corrected chi connectivity index (χ3v) is 9.61. The molecule has 0 spiro atoms. The van der Waals surface area contributed by atoms with Crippen molar-refractivity contribution >= 4 is 34.9 Å². The maximum absolute atomic E-state index is 13.1. The Bertz CT molecular complexity index is 1060. The van der Waals surface area contributed by atoms with Crippen LogP contribution in [0.1, 0.15) is 49.7 Å². The molecule has 3 amide bonds. The van der Waals surface area contributed by atoms with Gasteiger partial charge in [0.05, 0.1) is 25.2 Å². The second kappa shape index (κ2) is 8.96. The van der Waals surface area contributed by atoms with Crippen molar-refractivity contribution in [2.45, 2.75) is 43.9 Å². The fourth-order valence-electron chi connectivity index (χ4n) is 7.47. The van der Waals surface area contributed by atoms with E-state index in [9.17, 15) is 14.4 Å². The Morgan fingerprint density at radius 1 is 1.11 bits per heavy atom. The lowest BCUT2D eigenvalue weighted by atomic mass is 9.48. The minimum absolute atomic E-state index is 0.224. The first-order chi connectivity index (χ1) is 16.9. The summed E-state index contributed by atoms with van der Waals surface area (Å²) in [5, 5.41) is -0.404. The van der Waals surface area contributed by atoms with Crippen LogP contribution in [0.25, 0.3) is 6.08 Å². The summed E-state index contributed by atoms with van der Waals surface area (Å²) < 4.78 is 10.9. The van der Waals surface area contributed by atoms with Gasteiger partial charge < -0.3 is 14.4 Å². The number of nitrogens with zero attached hydrogens (tertiary/aromatic N) is 2. The van der Waals surface area contributed by atoms with Crippen LogP contribution in [0, 0.1) is 17.8 Å². The third kappa shape index (κ3) is 4.18. The fourth-order valence-corrected chi connectivity index (χ4v) is 8.30. The van der Waals surface area contributed by atoms with Gasteiger partial charge in [-0.3, -0.25) is 19.3 Å². The van der Waals surface area contributed by atoms with E-state index >= 15 is 0 Å². The molecule has 4 bridgehead atoms. The van der Waals surface area contributed by atoms with Gasteiger partial charge in [0, 0.05) is 18.7 Å². The Labute approximate surface area is 210 Å². The number of hydrogen-bond donors (Lipinski definition) is 0. The molecule has 7 nitrogen and oxygen atoms in total. The van der Waals surface area contributed by atoms with Crippen molar-refractivity contribution < 1.29 is 23.9 Å². The molecular weight excluding hydrogens is 464 g/mol. The molecule has 0 atom stereocenters. The maximum atomic E-state index is 13.1. The zero-order valence-corrected chi connectivity index (χ0v) is 21.0. The van der Waals surface area contributed by atoms with E-state index in [0.717, 1.165) is 40.0 Å². The molecule has 0 unspecified atom stereocenters. The Morgan fingerprint density at radius 3 is 2.40 bits per heavy atom. The predicted molar refractivity (Wildman–Crippen MR) is 133 cm³/mol. The minimum atomic E-state index is -0.413. The first-order valence-corrected chi connectivity index (χ1v) is 13.6. The lowest BCUT2D eigenvalue weighted by molar-refractivity contribution is -0.139. The molecule has 6 fully saturated rings. The van der Waals surface area contributed by atoms with E-state index in [1.54, 1.807) is 18.1 Å². The average Bonchev–Trinajstić information content (AvgIpc) is 3.11. The monoisotopic (exact) mass is 496 g/mol. The lowest BCUT2D eigenvalue weighted by Gasteiger charge is -2.57. The number of thioether (sulfide) groups is 1. The van der Waals surface area contributed by atoms with Crippen LogP contribution in [-0.4, -0.2) is 66.8 Å². The van der Waals surface area contributed by atoms with Crippen LogP contribution in [0.15, 0.2) is 23.1 Å². The summed E-state index contributed by atoms with van der Waals surface area (Å²) in [4.78, 5) is 41.5. The van der Waals surface area contributed by atoms with E-state index in [0.29, 0.717) is 37.0 Å². The smallest absolute Gasteiger partial charge is 0.294 e. The Kier molecular flexibility index (Phi) is 5.92. The van der Waals surface area contributed by atoms with Crippen LogP contribution in [0.3, 0.4) is 0 Å². The standard InChI is InChI=1S/C27H32N2O5S/c1-33-22-3-2-21(27-13-17-8-18(14-27)10-19(9-17)15-27)11-20(22)12-23-25(31)29(26(32)35-23)16-24(30)28-4-6-34-7-5-28/h2-3,11-12,17-19H,4-10,13-16H2,1H3/b23-12-. The lowest BCUT2D eigenvalue weighted by Crippen LogP contribution is -2.48. The molecule has 4 aliphatic carbocycles. The summed E-state index contributed by atoms with van der Waals surface area (Å²) in [6, 6.07) is 6.39. The van der Waals surface area contributed by atoms with Crippen LogP contribution < -0.4 is 4.74 Å². The van der Waals surface area contributed by atoms with E-state index in [2.05, 4.69) is 12.1 Å². The van der Waals surface area contributed by atoms with E-state index in [4.69, 9.17) is 9.47 Å². The van der Waals surface area contributed by atoms with Gasteiger partial charge in [-0.2, -0.15) is 0 Å². The van der Waals surface area contributed by atoms with Crippen LogP contribution in [0.4, 0.5) is 4.79 Å². The van der Waals surface area contributed by atoms with Gasteiger partial charge in [0.25, 0.3) is 11.1 Å². The van der Waals surface area contributed by atoms with Gasteiger partial charge in [-0.05, 0) is 97.2 Å². The van der Waals surface area contributed by atoms with Crippen molar-refractivity contribution in [3.05, 3.63) is 34.2 Å². The molecule has 186 valence electrons. The first-order valence-electron chi connectivity index (χ1n) is 12.7. The zero-order valence-electron chi connectivity index (χ0n) is 20.2. The molecule has 4 saturated carbocycles. The number of amides is 3. The Balaban J connectivity index is 1.25. The summed E-state index contributed by atoms with van der Waals surface area (Å²) in [6.45, 7) is 1.70. The number of ether oxygens (including phenoxy) is 2. The summed E-state index contributed by atoms with van der Waals surface area (Å²) in [6.07, 6.45) is 9.70. The number of rotatable bonds is 5. The molecule has 0 radical (unpaired) electrons. The summed E-state index contributed by atoms with van der Waals surface area (Å²) in [5.74, 6) is 2.57. The number of hydrogen-bond acceptors (Lipinski definition) is 6. The van der Waals surface area contributed by atoms with Crippen molar-refractivity contribution in [1.82, 2.24) is 9.80 Å². The van der Waals surface area contributed by atoms with Gasteiger partial charge in [-0.25, -0.2) is 0 Å². The molecular formula is C27H32N2O5S. The van der Waals surface area contributed by atoms with Crippen LogP contribution in [-0.2, 0) is 19.7 Å². The van der Waals surface area contributed by atoms with Crippen molar-refractivity contribution in [3.8, 4) is 5.75 Å². The number of morpholine rings is 1. The van der Waals surface area contributed by atoms with Crippen LogP contribution in [0.2, 0.25) is 0 Å². The fraction of sp³-hybridized carbons (Fsp3) is 0.593. The number of imide groups is 1. The average molecular weight is 497 g/mol. The van der Waals surface area contributed by atoms with Gasteiger partial charge in [-0.15, -0.1) is 0 Å². The van der Waals surface area contributed by atoms with Gasteiger partial charge >= 0.3 is 0 Å². The zero-order chi connectivity index (χ0) is 24.2. The molecule has 2 saturated heterocycles. The SMILES string of the molecule is COc1ccc(C23CC4CC(CC(C4)C2)C3)cc1/C=C1\SC(=O)N(CC(=O)N2CCOCC2)C1=O. The van der Waals surface area contributed by atoms with Gasteiger partial charge in [-0.1, -0.05) is 6.07 Å². The largest absolute Gasteiger partial charge is 0.496 e. The highest BCUT2D eigenvalue weighted by molar-refractivity contribution is 8.18. The Hall–Kier alpha value is -2.32. The van der Waals surface area contributed by atoms with Crippen LogP contribution in [0.5, 0.6) is 5.75 Å². The molecule has 8 heteroatoms. The number of carbonyl (C=O) groups is 3. The van der Waals surface area contributed by atoms with Crippen LogP contribution >= 0.6 is 11.8 Å². The quantitative estimate of drug-likeness (QED) is 0.573. The number of carbonyl (C=O) groups excluding carboxylic acids is 3. The van der Waals surface area contributed by atoms with E-state index in [1.807, 2.05) is 6.07 Å². The molecule has 35 heavy (non-hydrogen) atoms. The highest BCUT2D eigenvalue weighted by Crippen LogP contribution is 2.61. The molecule has 2 heterocycles. The van der Waals surface area contributed by atoms with E-state index in [1.165, 1.54) is 44.1 Å². The topological polar surface area (TPSA) is 76.2 Å². The van der Waals surface area contributed by atoms with Crippen molar-refractivity contribution in [2.24, 2.45) is 17.8 Å². The molecule has 1 aromatic carbocycles. The summed E-state index contributed by atoms with van der Waals surface area (Å²) in [5.41, 5.74) is 2.39. The maximum Gasteiger partial charge on any atom is 0.294 e. The molecule has 1 aromatic rings. The van der Waals surface area contributed by atoms with Gasteiger partial charge in [0.15, 0.2) is 0 Å². The first kappa shape index (κ1) is 23.1. The molecule has 0 N–H and O–H groups in total. The van der Waals surface area contributed by atoms with E-state index in [-0.39, 0.29) is 17.9 Å². The molecule has 6 aliphatic rings. The highest BCUT2D eigenvalue weighted by atomic mass is 32.2. The van der Waals surface area contributed by atoms with E-state index < -0.39 is 11.1 Å². The second-order valence-electron chi connectivity index (χ2n) is 10.9. The highest BCUT2D eigenvalue weighted by Gasteiger charge is 2.51. The number of benzene rings is 1. The second-order valence-corrected chi connectivity index (χ2v) is 11.9. The third-order valence-electron chi connectivity index (χ3n) is 8.70. The molecule has 7 rings (SSSR count). The van der Waals surface area contributed by atoms with Gasteiger partial charge in [0.1, 0.15) is 12.3 Å². The van der Waals surface area contributed by atoms with Crippen molar-refractivity contribution in [2.75, 3.05) is 40.0 Å². The summed E-state index contributed by atoms with van der Waals surface area (Å²) in [7, 11) is 1.63.